The van der Waals surface area contributed by atoms with E-state index in [1.54, 1.807) is 13.8 Å². The summed E-state index contributed by atoms with van der Waals surface area (Å²) in [5.41, 5.74) is -1.38. The topological polar surface area (TPSA) is 61.4 Å². The van der Waals surface area contributed by atoms with Crippen LogP contribution in [0, 0.1) is 6.92 Å². The summed E-state index contributed by atoms with van der Waals surface area (Å²) in [4.78, 5) is 11.8. The normalized spacial score (nSPS) is 12.1. The summed E-state index contributed by atoms with van der Waals surface area (Å²) >= 11 is 0. The summed E-state index contributed by atoms with van der Waals surface area (Å²) in [5, 5.41) is 13.9. The zero-order valence-electron chi connectivity index (χ0n) is 12.1. The number of halogens is 3. The SMILES string of the molecule is Cc1c(NC(=O)NC(C)(C)CCO)cccc1C(F)(F)F. The third kappa shape index (κ3) is 4.93. The van der Waals surface area contributed by atoms with Gasteiger partial charge in [-0.15, -0.1) is 0 Å². The van der Waals surface area contributed by atoms with Crippen molar-refractivity contribution in [3.8, 4) is 0 Å². The molecule has 0 aromatic heterocycles. The Morgan fingerprint density at radius 2 is 1.90 bits per heavy atom. The predicted molar refractivity (Wildman–Crippen MR) is 74.1 cm³/mol. The molecular formula is C14H19F3N2O2. The van der Waals surface area contributed by atoms with Crippen LogP contribution < -0.4 is 10.6 Å². The van der Waals surface area contributed by atoms with Crippen molar-refractivity contribution in [3.05, 3.63) is 29.3 Å². The van der Waals surface area contributed by atoms with Gasteiger partial charge < -0.3 is 15.7 Å². The lowest BCUT2D eigenvalue weighted by molar-refractivity contribution is -0.138. The molecule has 1 aromatic carbocycles. The fourth-order valence-corrected chi connectivity index (χ4v) is 1.88. The Balaban J connectivity index is 2.87. The number of aliphatic hydroxyl groups excluding tert-OH is 1. The zero-order chi connectivity index (χ0) is 16.3. The maximum Gasteiger partial charge on any atom is 0.416 e. The van der Waals surface area contributed by atoms with Gasteiger partial charge in [-0.3, -0.25) is 0 Å². The van der Waals surface area contributed by atoms with Gasteiger partial charge in [0.15, 0.2) is 0 Å². The van der Waals surface area contributed by atoms with Crippen molar-refractivity contribution < 1.29 is 23.1 Å². The first-order valence-electron chi connectivity index (χ1n) is 6.43. The summed E-state index contributed by atoms with van der Waals surface area (Å²) < 4.78 is 38.3. The first-order chi connectivity index (χ1) is 9.57. The van der Waals surface area contributed by atoms with Gasteiger partial charge >= 0.3 is 12.2 Å². The highest BCUT2D eigenvalue weighted by atomic mass is 19.4. The number of amides is 2. The van der Waals surface area contributed by atoms with Crippen molar-refractivity contribution in [3.63, 3.8) is 0 Å². The Labute approximate surface area is 121 Å². The Hall–Kier alpha value is -1.76. The summed E-state index contributed by atoms with van der Waals surface area (Å²) in [6.45, 7) is 4.62. The van der Waals surface area contributed by atoms with Crippen molar-refractivity contribution in [2.24, 2.45) is 0 Å². The van der Waals surface area contributed by atoms with Crippen LogP contribution in [-0.2, 0) is 6.18 Å². The molecule has 0 fully saturated rings. The van der Waals surface area contributed by atoms with Gasteiger partial charge in [0.2, 0.25) is 0 Å². The molecule has 0 saturated carbocycles. The number of hydrogen-bond donors (Lipinski definition) is 3. The van der Waals surface area contributed by atoms with E-state index in [9.17, 15) is 18.0 Å². The highest BCUT2D eigenvalue weighted by Crippen LogP contribution is 2.34. The van der Waals surface area contributed by atoms with Gasteiger partial charge in [-0.1, -0.05) is 6.07 Å². The van der Waals surface area contributed by atoms with E-state index in [-0.39, 0.29) is 17.9 Å². The number of aliphatic hydroxyl groups is 1. The maximum absolute atomic E-state index is 12.8. The van der Waals surface area contributed by atoms with Crippen LogP contribution in [0.25, 0.3) is 0 Å². The Kier molecular flexibility index (Phi) is 5.22. The van der Waals surface area contributed by atoms with E-state index in [0.29, 0.717) is 6.42 Å². The number of carbonyl (C=O) groups excluding carboxylic acids is 1. The summed E-state index contributed by atoms with van der Waals surface area (Å²) in [7, 11) is 0. The number of carbonyl (C=O) groups is 1. The second kappa shape index (κ2) is 6.34. The monoisotopic (exact) mass is 304 g/mol. The second-order valence-corrected chi connectivity index (χ2v) is 5.41. The fraction of sp³-hybridized carbons (Fsp3) is 0.500. The van der Waals surface area contributed by atoms with E-state index >= 15 is 0 Å². The van der Waals surface area contributed by atoms with Crippen LogP contribution in [0.1, 0.15) is 31.4 Å². The molecule has 0 saturated heterocycles. The first kappa shape index (κ1) is 17.3. The molecule has 21 heavy (non-hydrogen) atoms. The minimum absolute atomic E-state index is 0.0416. The van der Waals surface area contributed by atoms with Gasteiger partial charge in [-0.05, 0) is 44.9 Å². The standard InChI is InChI=1S/C14H19F3N2O2/c1-9-10(14(15,16)17)5-4-6-11(9)18-12(21)19-13(2,3)7-8-20/h4-6,20H,7-8H2,1-3H3,(H2,18,19,21). The Morgan fingerprint density at radius 3 is 2.43 bits per heavy atom. The van der Waals surface area contributed by atoms with Gasteiger partial charge in [0.1, 0.15) is 0 Å². The van der Waals surface area contributed by atoms with E-state index in [1.807, 2.05) is 0 Å². The number of alkyl halides is 3. The van der Waals surface area contributed by atoms with Crippen molar-refractivity contribution in [1.29, 1.82) is 0 Å². The maximum atomic E-state index is 12.8. The smallest absolute Gasteiger partial charge is 0.396 e. The lowest BCUT2D eigenvalue weighted by Crippen LogP contribution is -2.46. The molecule has 7 heteroatoms. The highest BCUT2D eigenvalue weighted by Gasteiger charge is 2.33. The number of benzene rings is 1. The zero-order valence-corrected chi connectivity index (χ0v) is 12.1. The second-order valence-electron chi connectivity index (χ2n) is 5.41. The van der Waals surface area contributed by atoms with Crippen LogP contribution in [0.3, 0.4) is 0 Å². The summed E-state index contributed by atoms with van der Waals surface area (Å²) in [5.74, 6) is 0. The number of rotatable bonds is 4. The van der Waals surface area contributed by atoms with Gasteiger partial charge in [0.05, 0.1) is 5.56 Å². The molecule has 0 aliphatic rings. The molecule has 2 amide bonds. The van der Waals surface area contributed by atoms with Crippen LogP contribution in [0.5, 0.6) is 0 Å². The van der Waals surface area contributed by atoms with E-state index in [1.165, 1.54) is 19.1 Å². The van der Waals surface area contributed by atoms with Crippen LogP contribution >= 0.6 is 0 Å². The molecular weight excluding hydrogens is 285 g/mol. The van der Waals surface area contributed by atoms with Crippen molar-refractivity contribution in [1.82, 2.24) is 5.32 Å². The molecule has 0 bridgehead atoms. The van der Waals surface area contributed by atoms with Crippen LogP contribution in [0.2, 0.25) is 0 Å². The fourth-order valence-electron chi connectivity index (χ4n) is 1.88. The number of hydrogen-bond acceptors (Lipinski definition) is 2. The molecule has 0 heterocycles. The molecule has 1 aromatic rings. The minimum atomic E-state index is -4.46. The molecule has 3 N–H and O–H groups in total. The lowest BCUT2D eigenvalue weighted by atomic mass is 10.0. The van der Waals surface area contributed by atoms with Crippen LogP contribution in [0.4, 0.5) is 23.7 Å². The third-order valence-corrected chi connectivity index (χ3v) is 3.08. The molecule has 118 valence electrons. The quantitative estimate of drug-likeness (QED) is 0.799. The largest absolute Gasteiger partial charge is 0.416 e. The van der Waals surface area contributed by atoms with Crippen molar-refractivity contribution in [2.75, 3.05) is 11.9 Å². The summed E-state index contributed by atoms with van der Waals surface area (Å²) in [6, 6.07) is 3.00. The first-order valence-corrected chi connectivity index (χ1v) is 6.43. The van der Waals surface area contributed by atoms with Crippen LogP contribution in [0.15, 0.2) is 18.2 Å². The molecule has 0 spiro atoms. The molecule has 0 aliphatic heterocycles. The average molecular weight is 304 g/mol. The molecule has 4 nitrogen and oxygen atoms in total. The summed E-state index contributed by atoms with van der Waals surface area (Å²) in [6.07, 6.45) is -4.13. The molecule has 1 rings (SSSR count). The predicted octanol–water partition coefficient (Wildman–Crippen LogP) is 3.30. The van der Waals surface area contributed by atoms with Crippen LogP contribution in [-0.4, -0.2) is 23.3 Å². The van der Waals surface area contributed by atoms with Gasteiger partial charge in [0, 0.05) is 17.8 Å². The molecule has 0 radical (unpaired) electrons. The molecule has 0 unspecified atom stereocenters. The van der Waals surface area contributed by atoms with Crippen molar-refractivity contribution in [2.45, 2.75) is 38.9 Å². The Bertz CT molecular complexity index is 513. The van der Waals surface area contributed by atoms with E-state index < -0.39 is 23.3 Å². The highest BCUT2D eigenvalue weighted by molar-refractivity contribution is 5.90. The van der Waals surface area contributed by atoms with E-state index in [2.05, 4.69) is 10.6 Å². The van der Waals surface area contributed by atoms with Gasteiger partial charge in [-0.2, -0.15) is 13.2 Å². The van der Waals surface area contributed by atoms with E-state index in [4.69, 9.17) is 5.11 Å². The average Bonchev–Trinajstić information content (AvgIpc) is 2.29. The minimum Gasteiger partial charge on any atom is -0.396 e. The number of anilines is 1. The van der Waals surface area contributed by atoms with Gasteiger partial charge in [0.25, 0.3) is 0 Å². The third-order valence-electron chi connectivity index (χ3n) is 3.08. The van der Waals surface area contributed by atoms with Gasteiger partial charge in [-0.25, -0.2) is 4.79 Å². The number of nitrogens with one attached hydrogen (secondary N) is 2. The van der Waals surface area contributed by atoms with Crippen molar-refractivity contribution >= 4 is 11.7 Å². The molecule has 0 aliphatic carbocycles. The molecule has 0 atom stereocenters. The van der Waals surface area contributed by atoms with E-state index in [0.717, 1.165) is 6.07 Å². The number of urea groups is 1. The Morgan fingerprint density at radius 1 is 1.29 bits per heavy atom. The lowest BCUT2D eigenvalue weighted by Gasteiger charge is -2.25.